The highest BCUT2D eigenvalue weighted by atomic mass is 19.4. The molecule has 1 aromatic carbocycles. The van der Waals surface area contributed by atoms with E-state index in [1.165, 1.54) is 6.07 Å². The summed E-state index contributed by atoms with van der Waals surface area (Å²) in [6, 6.07) is 11.9. The minimum Gasteiger partial charge on any atom is -0.356 e. The number of amides is 1. The molecule has 0 saturated carbocycles. The first kappa shape index (κ1) is 23.1. The fraction of sp³-hybridized carbons (Fsp3) is 0.478. The highest BCUT2D eigenvalue weighted by molar-refractivity contribution is 5.83. The van der Waals surface area contributed by atoms with Crippen LogP contribution in [0.2, 0.25) is 0 Å². The number of carbonyl (C=O) groups is 1. The summed E-state index contributed by atoms with van der Waals surface area (Å²) in [6.07, 6.45) is -2.08. The molecule has 8 heteroatoms. The van der Waals surface area contributed by atoms with Gasteiger partial charge in [0, 0.05) is 25.3 Å². The molecule has 168 valence electrons. The van der Waals surface area contributed by atoms with Gasteiger partial charge in [-0.1, -0.05) is 44.2 Å². The van der Waals surface area contributed by atoms with Crippen molar-refractivity contribution in [2.45, 2.75) is 44.9 Å². The number of carbonyl (C=O) groups excluding carboxylic acids is 1. The lowest BCUT2D eigenvalue weighted by Crippen LogP contribution is -2.48. The third-order valence-corrected chi connectivity index (χ3v) is 5.78. The molecular formula is C23H29F3N4O. The molecule has 1 amide bonds. The van der Waals surface area contributed by atoms with Gasteiger partial charge in [0.2, 0.25) is 5.91 Å². The molecule has 1 unspecified atom stereocenters. The number of hydrogen-bond donors (Lipinski definition) is 1. The molecule has 1 N–H and O–H groups in total. The molecule has 1 aromatic heterocycles. The fourth-order valence-electron chi connectivity index (χ4n) is 4.03. The van der Waals surface area contributed by atoms with Crippen molar-refractivity contribution in [3.8, 4) is 0 Å². The molecular weight excluding hydrogens is 405 g/mol. The van der Waals surface area contributed by atoms with E-state index in [0.717, 1.165) is 30.9 Å². The Balaban J connectivity index is 1.61. The first-order valence-electron chi connectivity index (χ1n) is 10.7. The Bertz CT molecular complexity index is 830. The minimum atomic E-state index is -4.39. The Morgan fingerprint density at radius 2 is 1.77 bits per heavy atom. The standard InChI is InChI=1S/C23H29F3N4O/c1-3-29(4-2)21(17-8-6-5-7-9-17)22(31)28-19-12-14-30(15-13-19)20-11-10-18(16-27-20)23(24,25)26/h5-11,16,19,21H,3-4,12-15H2,1-2H3,(H,28,31). The highest BCUT2D eigenvalue weighted by Crippen LogP contribution is 2.30. The van der Waals surface area contributed by atoms with E-state index in [1.54, 1.807) is 0 Å². The van der Waals surface area contributed by atoms with Crippen LogP contribution in [0.1, 0.15) is 43.9 Å². The van der Waals surface area contributed by atoms with Crippen LogP contribution in [0, 0.1) is 0 Å². The van der Waals surface area contributed by atoms with Gasteiger partial charge in [0.25, 0.3) is 0 Å². The average Bonchev–Trinajstić information content (AvgIpc) is 2.78. The molecule has 1 aliphatic rings. The van der Waals surface area contributed by atoms with E-state index in [4.69, 9.17) is 0 Å². The van der Waals surface area contributed by atoms with Crippen LogP contribution in [0.25, 0.3) is 0 Å². The number of hydrogen-bond acceptors (Lipinski definition) is 4. The predicted molar refractivity (Wildman–Crippen MR) is 115 cm³/mol. The van der Waals surface area contributed by atoms with Gasteiger partial charge in [0.15, 0.2) is 0 Å². The van der Waals surface area contributed by atoms with Crippen LogP contribution in [-0.2, 0) is 11.0 Å². The smallest absolute Gasteiger partial charge is 0.356 e. The molecule has 2 aromatic rings. The second-order valence-electron chi connectivity index (χ2n) is 7.71. The van der Waals surface area contributed by atoms with Crippen molar-refractivity contribution in [3.05, 3.63) is 59.8 Å². The first-order chi connectivity index (χ1) is 14.8. The summed E-state index contributed by atoms with van der Waals surface area (Å²) in [6.45, 7) is 6.88. The number of pyridine rings is 1. The molecule has 1 saturated heterocycles. The van der Waals surface area contributed by atoms with Crippen LogP contribution >= 0.6 is 0 Å². The normalized spacial score (nSPS) is 16.4. The molecule has 0 bridgehead atoms. The van der Waals surface area contributed by atoms with Gasteiger partial charge in [-0.3, -0.25) is 9.69 Å². The van der Waals surface area contributed by atoms with E-state index < -0.39 is 11.7 Å². The summed E-state index contributed by atoms with van der Waals surface area (Å²) in [5, 5.41) is 3.19. The van der Waals surface area contributed by atoms with Crippen LogP contribution in [-0.4, -0.2) is 48.0 Å². The second kappa shape index (κ2) is 10.1. The number of alkyl halides is 3. The lowest BCUT2D eigenvalue weighted by Gasteiger charge is -2.35. The van der Waals surface area contributed by atoms with Crippen molar-refractivity contribution in [1.29, 1.82) is 0 Å². The maximum Gasteiger partial charge on any atom is 0.417 e. The Morgan fingerprint density at radius 3 is 2.29 bits per heavy atom. The number of halogens is 3. The molecule has 1 fully saturated rings. The molecule has 1 aliphatic heterocycles. The summed E-state index contributed by atoms with van der Waals surface area (Å²) in [4.78, 5) is 21.2. The van der Waals surface area contributed by atoms with Gasteiger partial charge in [-0.05, 0) is 43.6 Å². The third kappa shape index (κ3) is 5.76. The van der Waals surface area contributed by atoms with Gasteiger partial charge in [-0.15, -0.1) is 0 Å². The quantitative estimate of drug-likeness (QED) is 0.707. The number of benzene rings is 1. The second-order valence-corrected chi connectivity index (χ2v) is 7.71. The molecule has 0 spiro atoms. The van der Waals surface area contributed by atoms with Gasteiger partial charge in [0.1, 0.15) is 11.9 Å². The van der Waals surface area contributed by atoms with Gasteiger partial charge in [0.05, 0.1) is 5.56 Å². The van der Waals surface area contributed by atoms with Gasteiger partial charge in [-0.2, -0.15) is 13.2 Å². The van der Waals surface area contributed by atoms with Gasteiger partial charge < -0.3 is 10.2 Å². The molecule has 5 nitrogen and oxygen atoms in total. The van der Waals surface area contributed by atoms with Crippen molar-refractivity contribution in [1.82, 2.24) is 15.2 Å². The zero-order valence-electron chi connectivity index (χ0n) is 17.9. The predicted octanol–water partition coefficient (Wildman–Crippen LogP) is 4.27. The van der Waals surface area contributed by atoms with Crippen molar-refractivity contribution in [2.75, 3.05) is 31.1 Å². The van der Waals surface area contributed by atoms with Crippen molar-refractivity contribution in [2.24, 2.45) is 0 Å². The van der Waals surface area contributed by atoms with Crippen LogP contribution < -0.4 is 10.2 Å². The topological polar surface area (TPSA) is 48.5 Å². The Labute approximate surface area is 181 Å². The minimum absolute atomic E-state index is 0.0130. The lowest BCUT2D eigenvalue weighted by atomic mass is 10.0. The fourth-order valence-corrected chi connectivity index (χ4v) is 4.03. The number of nitrogens with zero attached hydrogens (tertiary/aromatic N) is 3. The van der Waals surface area contributed by atoms with Crippen molar-refractivity contribution in [3.63, 3.8) is 0 Å². The average molecular weight is 435 g/mol. The number of likely N-dealkylation sites (N-methyl/N-ethyl adjacent to an activating group) is 1. The zero-order chi connectivity index (χ0) is 22.4. The maximum absolute atomic E-state index is 13.2. The lowest BCUT2D eigenvalue weighted by molar-refractivity contribution is -0.137. The van der Waals surface area contributed by atoms with Crippen LogP contribution in [0.15, 0.2) is 48.7 Å². The molecule has 1 atom stereocenters. The van der Waals surface area contributed by atoms with Crippen LogP contribution in [0.3, 0.4) is 0 Å². The maximum atomic E-state index is 13.2. The molecule has 0 aliphatic carbocycles. The molecule has 0 radical (unpaired) electrons. The summed E-state index contributed by atoms with van der Waals surface area (Å²) in [7, 11) is 0. The summed E-state index contributed by atoms with van der Waals surface area (Å²) in [5.41, 5.74) is 0.219. The third-order valence-electron chi connectivity index (χ3n) is 5.78. The van der Waals surface area contributed by atoms with E-state index in [1.807, 2.05) is 49.1 Å². The van der Waals surface area contributed by atoms with Crippen LogP contribution in [0.4, 0.5) is 19.0 Å². The van der Waals surface area contributed by atoms with E-state index in [0.29, 0.717) is 31.7 Å². The Kier molecular flexibility index (Phi) is 7.54. The summed E-state index contributed by atoms with van der Waals surface area (Å²) in [5.74, 6) is 0.518. The van der Waals surface area contributed by atoms with Crippen molar-refractivity contribution >= 4 is 11.7 Å². The number of aromatic nitrogens is 1. The van der Waals surface area contributed by atoms with E-state index in [9.17, 15) is 18.0 Å². The van der Waals surface area contributed by atoms with Gasteiger partial charge in [-0.25, -0.2) is 4.98 Å². The molecule has 2 heterocycles. The number of anilines is 1. The number of piperidine rings is 1. The Hall–Kier alpha value is -2.61. The monoisotopic (exact) mass is 434 g/mol. The molecule has 31 heavy (non-hydrogen) atoms. The first-order valence-corrected chi connectivity index (χ1v) is 10.7. The Morgan fingerprint density at radius 1 is 1.13 bits per heavy atom. The SMILES string of the molecule is CCN(CC)C(C(=O)NC1CCN(c2ccc(C(F)(F)F)cn2)CC1)c1ccccc1. The van der Waals surface area contributed by atoms with Gasteiger partial charge >= 0.3 is 6.18 Å². The van der Waals surface area contributed by atoms with E-state index in [2.05, 4.69) is 15.2 Å². The number of nitrogens with one attached hydrogen (secondary N) is 1. The zero-order valence-corrected chi connectivity index (χ0v) is 17.9. The van der Waals surface area contributed by atoms with Crippen LogP contribution in [0.5, 0.6) is 0 Å². The van der Waals surface area contributed by atoms with E-state index >= 15 is 0 Å². The van der Waals surface area contributed by atoms with E-state index in [-0.39, 0.29) is 18.0 Å². The largest absolute Gasteiger partial charge is 0.417 e. The number of rotatable bonds is 7. The van der Waals surface area contributed by atoms with Crippen molar-refractivity contribution < 1.29 is 18.0 Å². The highest BCUT2D eigenvalue weighted by Gasteiger charge is 2.32. The summed E-state index contributed by atoms with van der Waals surface area (Å²) >= 11 is 0. The molecule has 3 rings (SSSR count). The summed E-state index contributed by atoms with van der Waals surface area (Å²) < 4.78 is 38.2.